The molecule has 0 spiro atoms. The van der Waals surface area contributed by atoms with E-state index in [9.17, 15) is 0 Å². The molecule has 1 fully saturated rings. The molecule has 3 heteroatoms. The highest BCUT2D eigenvalue weighted by atomic mass is 15.5. The van der Waals surface area contributed by atoms with Gasteiger partial charge in [0.2, 0.25) is 0 Å². The van der Waals surface area contributed by atoms with Crippen molar-refractivity contribution < 1.29 is 0 Å². The van der Waals surface area contributed by atoms with Crippen LogP contribution >= 0.6 is 0 Å². The predicted molar refractivity (Wildman–Crippen MR) is 93.7 cm³/mol. The number of anilines is 1. The third kappa shape index (κ3) is 3.67. The van der Waals surface area contributed by atoms with E-state index in [-0.39, 0.29) is 0 Å². The SMILES string of the molecule is Cc1ccc(/C=N/N2CCN(c3ccc(C)cc3)CC2)cc1. The summed E-state index contributed by atoms with van der Waals surface area (Å²) in [5.41, 5.74) is 5.06. The van der Waals surface area contributed by atoms with Crippen LogP contribution in [0.2, 0.25) is 0 Å². The van der Waals surface area contributed by atoms with Crippen LogP contribution in [0.5, 0.6) is 0 Å². The summed E-state index contributed by atoms with van der Waals surface area (Å²) in [6, 6.07) is 17.2. The first-order valence-electron chi connectivity index (χ1n) is 7.88. The maximum absolute atomic E-state index is 4.61. The lowest BCUT2D eigenvalue weighted by atomic mass is 10.2. The first-order valence-corrected chi connectivity index (χ1v) is 7.88. The molecule has 22 heavy (non-hydrogen) atoms. The summed E-state index contributed by atoms with van der Waals surface area (Å²) >= 11 is 0. The van der Waals surface area contributed by atoms with Gasteiger partial charge in [-0.2, -0.15) is 5.10 Å². The molecular formula is C19H23N3. The Labute approximate surface area is 132 Å². The zero-order valence-corrected chi connectivity index (χ0v) is 13.4. The van der Waals surface area contributed by atoms with Crippen molar-refractivity contribution in [3.05, 3.63) is 65.2 Å². The number of benzene rings is 2. The fraction of sp³-hybridized carbons (Fsp3) is 0.316. The van der Waals surface area contributed by atoms with Gasteiger partial charge >= 0.3 is 0 Å². The number of nitrogens with zero attached hydrogens (tertiary/aromatic N) is 3. The number of hydrogen-bond acceptors (Lipinski definition) is 3. The fourth-order valence-electron chi connectivity index (χ4n) is 2.63. The minimum atomic E-state index is 0.968. The number of aryl methyl sites for hydroxylation is 2. The smallest absolute Gasteiger partial charge is 0.0542 e. The van der Waals surface area contributed by atoms with Gasteiger partial charge < -0.3 is 4.90 Å². The van der Waals surface area contributed by atoms with Crippen LogP contribution in [0.25, 0.3) is 0 Å². The van der Waals surface area contributed by atoms with Crippen molar-refractivity contribution in [2.45, 2.75) is 13.8 Å². The summed E-state index contributed by atoms with van der Waals surface area (Å²) in [5.74, 6) is 0. The maximum atomic E-state index is 4.61. The minimum absolute atomic E-state index is 0.968. The van der Waals surface area contributed by atoms with E-state index in [4.69, 9.17) is 0 Å². The molecule has 0 amide bonds. The van der Waals surface area contributed by atoms with Crippen molar-refractivity contribution >= 4 is 11.9 Å². The maximum Gasteiger partial charge on any atom is 0.0542 e. The molecule has 1 aliphatic rings. The van der Waals surface area contributed by atoms with E-state index < -0.39 is 0 Å². The van der Waals surface area contributed by atoms with Crippen LogP contribution in [0.1, 0.15) is 16.7 Å². The first kappa shape index (κ1) is 14.6. The highest BCUT2D eigenvalue weighted by Gasteiger charge is 2.15. The molecule has 0 aliphatic carbocycles. The van der Waals surface area contributed by atoms with Crippen LogP contribution in [-0.4, -0.2) is 37.4 Å². The second-order valence-corrected chi connectivity index (χ2v) is 5.93. The number of rotatable bonds is 3. The summed E-state index contributed by atoms with van der Waals surface area (Å²) in [6.07, 6.45) is 1.96. The Morgan fingerprint density at radius 3 is 1.91 bits per heavy atom. The van der Waals surface area contributed by atoms with Gasteiger partial charge in [0.05, 0.1) is 19.3 Å². The molecule has 1 heterocycles. The Morgan fingerprint density at radius 2 is 1.32 bits per heavy atom. The number of piperazine rings is 1. The number of hydrogen-bond donors (Lipinski definition) is 0. The fourth-order valence-corrected chi connectivity index (χ4v) is 2.63. The zero-order chi connectivity index (χ0) is 15.4. The number of hydrazone groups is 1. The van der Waals surface area contributed by atoms with Crippen molar-refractivity contribution in [1.82, 2.24) is 5.01 Å². The van der Waals surface area contributed by atoms with Crippen molar-refractivity contribution in [1.29, 1.82) is 0 Å². The monoisotopic (exact) mass is 293 g/mol. The van der Waals surface area contributed by atoms with Gasteiger partial charge in [0.25, 0.3) is 0 Å². The van der Waals surface area contributed by atoms with Gasteiger partial charge in [0.15, 0.2) is 0 Å². The Hall–Kier alpha value is -2.29. The third-order valence-corrected chi connectivity index (χ3v) is 4.10. The molecule has 0 unspecified atom stereocenters. The molecule has 1 saturated heterocycles. The van der Waals surface area contributed by atoms with Crippen molar-refractivity contribution in [3.63, 3.8) is 0 Å². The summed E-state index contributed by atoms with van der Waals surface area (Å²) in [4.78, 5) is 2.43. The van der Waals surface area contributed by atoms with E-state index in [1.54, 1.807) is 0 Å². The lowest BCUT2D eigenvalue weighted by Gasteiger charge is -2.34. The topological polar surface area (TPSA) is 18.8 Å². The molecule has 1 aliphatic heterocycles. The summed E-state index contributed by atoms with van der Waals surface area (Å²) in [7, 11) is 0. The molecule has 0 aromatic heterocycles. The van der Waals surface area contributed by atoms with Crippen molar-refractivity contribution in [2.75, 3.05) is 31.1 Å². The summed E-state index contributed by atoms with van der Waals surface area (Å²) in [6.45, 7) is 8.21. The standard InChI is InChI=1S/C19H23N3/c1-16-3-7-18(8-4-16)15-20-22-13-11-21(12-14-22)19-9-5-17(2)6-10-19/h3-10,15H,11-14H2,1-2H3/b20-15+. The van der Waals surface area contributed by atoms with Crippen LogP contribution < -0.4 is 4.90 Å². The van der Waals surface area contributed by atoms with E-state index >= 15 is 0 Å². The Balaban J connectivity index is 1.55. The molecule has 0 N–H and O–H groups in total. The average molecular weight is 293 g/mol. The quantitative estimate of drug-likeness (QED) is 0.807. The third-order valence-electron chi connectivity index (χ3n) is 4.10. The highest BCUT2D eigenvalue weighted by molar-refractivity contribution is 5.79. The Morgan fingerprint density at radius 1 is 0.773 bits per heavy atom. The molecule has 3 nitrogen and oxygen atoms in total. The van der Waals surface area contributed by atoms with E-state index in [0.29, 0.717) is 0 Å². The minimum Gasteiger partial charge on any atom is -0.368 e. The molecular weight excluding hydrogens is 270 g/mol. The average Bonchev–Trinajstić information content (AvgIpc) is 2.56. The van der Waals surface area contributed by atoms with Crippen LogP contribution in [0.15, 0.2) is 53.6 Å². The van der Waals surface area contributed by atoms with Gasteiger partial charge in [0, 0.05) is 18.8 Å². The predicted octanol–water partition coefficient (Wildman–Crippen LogP) is 3.46. The van der Waals surface area contributed by atoms with E-state index in [1.165, 1.54) is 16.8 Å². The van der Waals surface area contributed by atoms with Crippen molar-refractivity contribution in [3.8, 4) is 0 Å². The summed E-state index contributed by atoms with van der Waals surface area (Å²) < 4.78 is 0. The van der Waals surface area contributed by atoms with Crippen LogP contribution in [0, 0.1) is 13.8 Å². The molecule has 0 saturated carbocycles. The van der Waals surface area contributed by atoms with E-state index in [2.05, 4.69) is 77.4 Å². The van der Waals surface area contributed by atoms with Gasteiger partial charge in [-0.25, -0.2) is 0 Å². The largest absolute Gasteiger partial charge is 0.368 e. The van der Waals surface area contributed by atoms with Crippen LogP contribution in [-0.2, 0) is 0 Å². The van der Waals surface area contributed by atoms with Crippen LogP contribution in [0.4, 0.5) is 5.69 Å². The van der Waals surface area contributed by atoms with Gasteiger partial charge in [-0.15, -0.1) is 0 Å². The molecule has 0 bridgehead atoms. The zero-order valence-electron chi connectivity index (χ0n) is 13.4. The van der Waals surface area contributed by atoms with E-state index in [0.717, 1.165) is 31.7 Å². The normalized spacial score (nSPS) is 15.5. The second kappa shape index (κ2) is 6.65. The molecule has 0 atom stereocenters. The van der Waals surface area contributed by atoms with E-state index in [1.807, 2.05) is 6.21 Å². The van der Waals surface area contributed by atoms with Crippen molar-refractivity contribution in [2.24, 2.45) is 5.10 Å². The molecule has 3 rings (SSSR count). The molecule has 2 aromatic carbocycles. The Kier molecular flexibility index (Phi) is 4.42. The van der Waals surface area contributed by atoms with Gasteiger partial charge in [-0.3, -0.25) is 5.01 Å². The lowest BCUT2D eigenvalue weighted by molar-refractivity contribution is 0.272. The van der Waals surface area contributed by atoms with Gasteiger partial charge in [0.1, 0.15) is 0 Å². The van der Waals surface area contributed by atoms with Gasteiger partial charge in [-0.05, 0) is 31.5 Å². The molecule has 114 valence electrons. The second-order valence-electron chi connectivity index (χ2n) is 5.93. The van der Waals surface area contributed by atoms with Gasteiger partial charge in [-0.1, -0.05) is 47.5 Å². The first-order chi connectivity index (χ1) is 10.7. The Bertz CT molecular complexity index is 621. The summed E-state index contributed by atoms with van der Waals surface area (Å²) in [5, 5.41) is 6.76. The van der Waals surface area contributed by atoms with Crippen LogP contribution in [0.3, 0.4) is 0 Å². The highest BCUT2D eigenvalue weighted by Crippen LogP contribution is 2.17. The molecule has 0 radical (unpaired) electrons. The lowest BCUT2D eigenvalue weighted by Crippen LogP contribution is -2.44. The molecule has 2 aromatic rings.